The Bertz CT molecular complexity index is 428. The van der Waals surface area contributed by atoms with Crippen molar-refractivity contribution in [1.29, 1.82) is 0 Å². The van der Waals surface area contributed by atoms with Crippen LogP contribution in [0.15, 0.2) is 24.3 Å². The summed E-state index contributed by atoms with van der Waals surface area (Å²) in [4.78, 5) is 11.9. The lowest BCUT2D eigenvalue weighted by Crippen LogP contribution is -2.41. The maximum Gasteiger partial charge on any atom is 0.224 e. The standard InChI is InChI=1S/C15H21FN2O/c1-17-12-6-8-13(9-7-12)18-15(19)10-11-4-2-3-5-14(11)16/h2-5,12-13,17H,6-10H2,1H3,(H,18,19). The van der Waals surface area contributed by atoms with Crippen molar-refractivity contribution in [2.45, 2.75) is 44.2 Å². The zero-order valence-corrected chi connectivity index (χ0v) is 11.3. The van der Waals surface area contributed by atoms with E-state index < -0.39 is 0 Å². The summed E-state index contributed by atoms with van der Waals surface area (Å²) in [5, 5.41) is 6.27. The van der Waals surface area contributed by atoms with E-state index >= 15 is 0 Å². The van der Waals surface area contributed by atoms with Gasteiger partial charge in [0, 0.05) is 12.1 Å². The lowest BCUT2D eigenvalue weighted by atomic mass is 9.91. The molecule has 0 atom stereocenters. The molecule has 104 valence electrons. The molecule has 0 aliphatic heterocycles. The van der Waals surface area contributed by atoms with Gasteiger partial charge in [-0.1, -0.05) is 18.2 Å². The highest BCUT2D eigenvalue weighted by atomic mass is 19.1. The fraction of sp³-hybridized carbons (Fsp3) is 0.533. The maximum absolute atomic E-state index is 13.4. The number of hydrogen-bond acceptors (Lipinski definition) is 2. The fourth-order valence-corrected chi connectivity index (χ4v) is 2.62. The first kappa shape index (κ1) is 14.0. The summed E-state index contributed by atoms with van der Waals surface area (Å²) in [7, 11) is 1.97. The Morgan fingerprint density at radius 2 is 1.84 bits per heavy atom. The van der Waals surface area contributed by atoms with Crippen LogP contribution < -0.4 is 10.6 Å². The van der Waals surface area contributed by atoms with Gasteiger partial charge in [-0.25, -0.2) is 4.39 Å². The van der Waals surface area contributed by atoms with Gasteiger partial charge in [-0.15, -0.1) is 0 Å². The molecule has 0 spiro atoms. The zero-order chi connectivity index (χ0) is 13.7. The lowest BCUT2D eigenvalue weighted by Gasteiger charge is -2.28. The summed E-state index contributed by atoms with van der Waals surface area (Å²) in [5.41, 5.74) is 0.462. The number of rotatable bonds is 4. The molecule has 1 aliphatic carbocycles. The zero-order valence-electron chi connectivity index (χ0n) is 11.3. The number of carbonyl (C=O) groups excluding carboxylic acids is 1. The predicted molar refractivity (Wildman–Crippen MR) is 73.4 cm³/mol. The first-order chi connectivity index (χ1) is 9.19. The predicted octanol–water partition coefficient (Wildman–Crippen LogP) is 2.01. The van der Waals surface area contributed by atoms with Crippen molar-refractivity contribution in [3.8, 4) is 0 Å². The average Bonchev–Trinajstić information content (AvgIpc) is 2.42. The minimum atomic E-state index is -0.309. The molecule has 1 aromatic rings. The first-order valence-electron chi connectivity index (χ1n) is 6.89. The normalized spacial score (nSPS) is 23.1. The third kappa shape index (κ3) is 4.03. The molecule has 2 N–H and O–H groups in total. The van der Waals surface area contributed by atoms with Gasteiger partial charge in [0.25, 0.3) is 0 Å². The Morgan fingerprint density at radius 3 is 2.47 bits per heavy atom. The molecule has 0 bridgehead atoms. The van der Waals surface area contributed by atoms with E-state index in [0.717, 1.165) is 25.7 Å². The molecule has 4 heteroatoms. The summed E-state index contributed by atoms with van der Waals surface area (Å²) in [6.45, 7) is 0. The Balaban J connectivity index is 1.81. The molecule has 1 aromatic carbocycles. The smallest absolute Gasteiger partial charge is 0.224 e. The summed E-state index contributed by atoms with van der Waals surface area (Å²) in [6.07, 6.45) is 4.28. The van der Waals surface area contributed by atoms with Gasteiger partial charge in [-0.3, -0.25) is 4.79 Å². The highest BCUT2D eigenvalue weighted by Gasteiger charge is 2.21. The van der Waals surface area contributed by atoms with Crippen LogP contribution >= 0.6 is 0 Å². The van der Waals surface area contributed by atoms with E-state index in [0.29, 0.717) is 11.6 Å². The molecular weight excluding hydrogens is 243 g/mol. The quantitative estimate of drug-likeness (QED) is 0.873. The van der Waals surface area contributed by atoms with Gasteiger partial charge in [0.2, 0.25) is 5.91 Å². The Morgan fingerprint density at radius 1 is 1.21 bits per heavy atom. The van der Waals surface area contributed by atoms with E-state index in [-0.39, 0.29) is 24.2 Å². The van der Waals surface area contributed by atoms with Gasteiger partial charge >= 0.3 is 0 Å². The van der Waals surface area contributed by atoms with Crippen molar-refractivity contribution >= 4 is 5.91 Å². The van der Waals surface area contributed by atoms with E-state index in [4.69, 9.17) is 0 Å². The molecule has 0 saturated heterocycles. The van der Waals surface area contributed by atoms with Crippen molar-refractivity contribution in [2.24, 2.45) is 0 Å². The van der Waals surface area contributed by atoms with Crippen LogP contribution in [0.5, 0.6) is 0 Å². The largest absolute Gasteiger partial charge is 0.353 e. The number of halogens is 1. The number of carbonyl (C=O) groups is 1. The Kier molecular flexibility index (Phi) is 4.91. The number of amides is 1. The first-order valence-corrected chi connectivity index (χ1v) is 6.89. The van der Waals surface area contributed by atoms with Crippen LogP contribution in [0, 0.1) is 5.82 Å². The Hall–Kier alpha value is -1.42. The third-order valence-corrected chi connectivity index (χ3v) is 3.81. The van der Waals surface area contributed by atoms with E-state index in [2.05, 4.69) is 10.6 Å². The molecule has 1 saturated carbocycles. The third-order valence-electron chi connectivity index (χ3n) is 3.81. The molecule has 0 aromatic heterocycles. The van der Waals surface area contributed by atoms with Crippen LogP contribution in [0.3, 0.4) is 0 Å². The average molecular weight is 264 g/mol. The molecule has 1 aliphatic rings. The minimum absolute atomic E-state index is 0.0852. The van der Waals surface area contributed by atoms with Gasteiger partial charge in [-0.05, 0) is 44.4 Å². The minimum Gasteiger partial charge on any atom is -0.353 e. The van der Waals surface area contributed by atoms with Crippen molar-refractivity contribution in [3.63, 3.8) is 0 Å². The van der Waals surface area contributed by atoms with E-state index in [1.807, 2.05) is 7.05 Å². The summed E-state index contributed by atoms with van der Waals surface area (Å²) in [6, 6.07) is 7.25. The second kappa shape index (κ2) is 6.66. The van der Waals surface area contributed by atoms with Crippen molar-refractivity contribution in [1.82, 2.24) is 10.6 Å². The summed E-state index contributed by atoms with van der Waals surface area (Å²) in [5.74, 6) is -0.394. The fourth-order valence-electron chi connectivity index (χ4n) is 2.62. The SMILES string of the molecule is CNC1CCC(NC(=O)Cc2ccccc2F)CC1. The number of nitrogens with one attached hydrogen (secondary N) is 2. The van der Waals surface area contributed by atoms with Crippen LogP contribution in [0.25, 0.3) is 0 Å². The molecule has 1 amide bonds. The molecule has 0 unspecified atom stereocenters. The van der Waals surface area contributed by atoms with Crippen molar-refractivity contribution < 1.29 is 9.18 Å². The summed E-state index contributed by atoms with van der Waals surface area (Å²) >= 11 is 0. The van der Waals surface area contributed by atoms with Crippen molar-refractivity contribution in [3.05, 3.63) is 35.6 Å². The second-order valence-corrected chi connectivity index (χ2v) is 5.17. The lowest BCUT2D eigenvalue weighted by molar-refractivity contribution is -0.121. The van der Waals surface area contributed by atoms with Crippen LogP contribution in [0.2, 0.25) is 0 Å². The van der Waals surface area contributed by atoms with Gasteiger partial charge in [0.15, 0.2) is 0 Å². The molecule has 0 heterocycles. The van der Waals surface area contributed by atoms with Crippen LogP contribution in [0.1, 0.15) is 31.2 Å². The monoisotopic (exact) mass is 264 g/mol. The molecule has 2 rings (SSSR count). The van der Waals surface area contributed by atoms with Crippen molar-refractivity contribution in [2.75, 3.05) is 7.05 Å². The van der Waals surface area contributed by atoms with Gasteiger partial charge in [0.1, 0.15) is 5.82 Å². The van der Waals surface area contributed by atoms with Crippen LogP contribution in [-0.4, -0.2) is 25.0 Å². The molecule has 3 nitrogen and oxygen atoms in total. The Labute approximate surface area is 113 Å². The molecule has 19 heavy (non-hydrogen) atoms. The topological polar surface area (TPSA) is 41.1 Å². The van der Waals surface area contributed by atoms with Crippen LogP contribution in [0.4, 0.5) is 4.39 Å². The highest BCUT2D eigenvalue weighted by molar-refractivity contribution is 5.78. The number of hydrogen-bond donors (Lipinski definition) is 2. The van der Waals surface area contributed by atoms with Gasteiger partial charge in [0.05, 0.1) is 6.42 Å². The molecule has 1 fully saturated rings. The number of benzene rings is 1. The second-order valence-electron chi connectivity index (χ2n) is 5.17. The van der Waals surface area contributed by atoms with Gasteiger partial charge in [-0.2, -0.15) is 0 Å². The van der Waals surface area contributed by atoms with Crippen LogP contribution in [-0.2, 0) is 11.2 Å². The van der Waals surface area contributed by atoms with E-state index in [1.54, 1.807) is 18.2 Å². The highest BCUT2D eigenvalue weighted by Crippen LogP contribution is 2.18. The van der Waals surface area contributed by atoms with Gasteiger partial charge < -0.3 is 10.6 Å². The molecule has 0 radical (unpaired) electrons. The van der Waals surface area contributed by atoms with E-state index in [1.165, 1.54) is 6.07 Å². The van der Waals surface area contributed by atoms with E-state index in [9.17, 15) is 9.18 Å². The molecular formula is C15H21FN2O. The maximum atomic E-state index is 13.4. The summed E-state index contributed by atoms with van der Waals surface area (Å²) < 4.78 is 13.4.